The number of pyridine rings is 1. The Kier molecular flexibility index (Phi) is 6.62. The number of rotatable bonds is 6. The van der Waals surface area contributed by atoms with Crippen LogP contribution in [-0.2, 0) is 14.8 Å². The zero-order chi connectivity index (χ0) is 25.9. The first-order valence-electron chi connectivity index (χ1n) is 12.6. The van der Waals surface area contributed by atoms with E-state index in [0.717, 1.165) is 43.5 Å². The second kappa shape index (κ2) is 9.55. The average Bonchev–Trinajstić information content (AvgIpc) is 3.20. The lowest BCUT2D eigenvalue weighted by Crippen LogP contribution is -2.73. The van der Waals surface area contributed by atoms with Gasteiger partial charge in [-0.15, -0.1) is 0 Å². The predicted molar refractivity (Wildman–Crippen MR) is 141 cm³/mol. The smallest absolute Gasteiger partial charge is 0.225 e. The molecule has 37 heavy (non-hydrogen) atoms. The van der Waals surface area contributed by atoms with Gasteiger partial charge in [0, 0.05) is 73.6 Å². The quantitative estimate of drug-likeness (QED) is 0.543. The van der Waals surface area contributed by atoms with Gasteiger partial charge in [0.1, 0.15) is 0 Å². The Morgan fingerprint density at radius 3 is 2.38 bits per heavy atom. The third-order valence-electron chi connectivity index (χ3n) is 8.24. The molecule has 5 atom stereocenters. The highest BCUT2D eigenvalue weighted by atomic mass is 35.5. The van der Waals surface area contributed by atoms with E-state index in [4.69, 9.17) is 27.9 Å². The molecule has 6 rings (SSSR count). The summed E-state index contributed by atoms with van der Waals surface area (Å²) in [6, 6.07) is 0.450. The lowest BCUT2D eigenvalue weighted by molar-refractivity contribution is -0.0370. The van der Waals surface area contributed by atoms with Crippen molar-refractivity contribution in [3.63, 3.8) is 0 Å². The van der Waals surface area contributed by atoms with E-state index in [9.17, 15) is 8.42 Å². The van der Waals surface area contributed by atoms with Gasteiger partial charge in [0.25, 0.3) is 0 Å². The maximum absolute atomic E-state index is 11.7. The number of fused-ring (bicyclic) bond motifs is 1. The number of sulfonamides is 1. The predicted octanol–water partition coefficient (Wildman–Crippen LogP) is 2.72. The summed E-state index contributed by atoms with van der Waals surface area (Å²) in [6.45, 7) is 4.73. The van der Waals surface area contributed by atoms with E-state index in [1.165, 1.54) is 10.6 Å². The van der Waals surface area contributed by atoms with Gasteiger partial charge in [-0.25, -0.2) is 28.1 Å². The summed E-state index contributed by atoms with van der Waals surface area (Å²) in [5.74, 6) is 1.03. The molecule has 13 heteroatoms. The SMILES string of the molecule is C[C@@H](OC1CCC2NNC(c3cnc(N4CC5(C4)CN(S(C)(=O)=O)C5)nc3)C2C1)c1c(Cl)cncc1Cl. The fourth-order valence-corrected chi connectivity index (χ4v) is 8.02. The van der Waals surface area contributed by atoms with Gasteiger partial charge in [0.15, 0.2) is 0 Å². The number of nitrogens with one attached hydrogen (secondary N) is 2. The molecule has 4 fully saturated rings. The minimum Gasteiger partial charge on any atom is -0.370 e. The normalized spacial score (nSPS) is 30.0. The highest BCUT2D eigenvalue weighted by molar-refractivity contribution is 7.88. The van der Waals surface area contributed by atoms with Crippen molar-refractivity contribution in [3.8, 4) is 0 Å². The number of halogens is 2. The van der Waals surface area contributed by atoms with Gasteiger partial charge in [-0.05, 0) is 32.1 Å². The van der Waals surface area contributed by atoms with Crippen LogP contribution in [-0.4, -0.2) is 72.3 Å². The minimum absolute atomic E-state index is 0.0498. The molecule has 2 aromatic heterocycles. The third-order valence-corrected chi connectivity index (χ3v) is 10.0. The monoisotopic (exact) mass is 567 g/mol. The van der Waals surface area contributed by atoms with Crippen LogP contribution in [0.15, 0.2) is 24.8 Å². The van der Waals surface area contributed by atoms with Crippen molar-refractivity contribution in [2.24, 2.45) is 11.3 Å². The molecule has 3 saturated heterocycles. The molecule has 0 amide bonds. The number of ether oxygens (including phenoxy) is 1. The summed E-state index contributed by atoms with van der Waals surface area (Å²) in [5.41, 5.74) is 8.78. The van der Waals surface area contributed by atoms with Crippen LogP contribution in [0.3, 0.4) is 0 Å². The summed E-state index contributed by atoms with van der Waals surface area (Å²) >= 11 is 12.7. The van der Waals surface area contributed by atoms with Gasteiger partial charge in [0.2, 0.25) is 16.0 Å². The van der Waals surface area contributed by atoms with E-state index >= 15 is 0 Å². The van der Waals surface area contributed by atoms with Crippen molar-refractivity contribution in [2.45, 2.75) is 50.5 Å². The van der Waals surface area contributed by atoms with Gasteiger partial charge in [-0.2, -0.15) is 0 Å². The molecular weight excluding hydrogens is 537 g/mol. The zero-order valence-electron chi connectivity index (χ0n) is 20.8. The molecule has 4 aliphatic rings. The Hall–Kier alpha value is -1.60. The molecule has 1 aliphatic carbocycles. The Morgan fingerprint density at radius 1 is 1.05 bits per heavy atom. The van der Waals surface area contributed by atoms with E-state index in [0.29, 0.717) is 41.0 Å². The standard InChI is InChI=1S/C24H31Cl2N7O3S/c1-14(21-18(25)8-27-9-19(21)26)36-16-3-4-20-17(5-16)22(31-30-20)15-6-28-23(29-7-15)32-10-24(11-32)12-33(13-24)37(2,34)35/h6-9,14,16-17,20,22,30-31H,3-5,10-13H2,1-2H3/t14-,16?,17?,20?,22?/m1/s1. The highest BCUT2D eigenvalue weighted by Crippen LogP contribution is 2.43. The van der Waals surface area contributed by atoms with Gasteiger partial charge >= 0.3 is 0 Å². The van der Waals surface area contributed by atoms with Crippen LogP contribution >= 0.6 is 23.2 Å². The molecule has 10 nitrogen and oxygen atoms in total. The van der Waals surface area contributed by atoms with Crippen LogP contribution in [0, 0.1) is 11.3 Å². The number of anilines is 1. The second-order valence-electron chi connectivity index (χ2n) is 11.0. The minimum atomic E-state index is -3.10. The lowest BCUT2D eigenvalue weighted by atomic mass is 9.74. The number of aromatic nitrogens is 3. The lowest BCUT2D eigenvalue weighted by Gasteiger charge is -2.59. The molecule has 0 bridgehead atoms. The zero-order valence-corrected chi connectivity index (χ0v) is 23.1. The van der Waals surface area contributed by atoms with Crippen LogP contribution in [0.25, 0.3) is 0 Å². The Bertz CT molecular complexity index is 1250. The summed E-state index contributed by atoms with van der Waals surface area (Å²) in [7, 11) is -3.10. The van der Waals surface area contributed by atoms with E-state index in [2.05, 4.69) is 30.7 Å². The first-order valence-corrected chi connectivity index (χ1v) is 15.2. The van der Waals surface area contributed by atoms with Crippen LogP contribution in [0.2, 0.25) is 10.0 Å². The second-order valence-corrected chi connectivity index (χ2v) is 13.8. The molecule has 1 spiro atoms. The molecule has 2 N–H and O–H groups in total. The van der Waals surface area contributed by atoms with Gasteiger partial charge in [-0.3, -0.25) is 10.4 Å². The van der Waals surface area contributed by atoms with Crippen molar-refractivity contribution in [3.05, 3.63) is 46.0 Å². The molecular formula is C24H31Cl2N7O3S. The Morgan fingerprint density at radius 2 is 1.73 bits per heavy atom. The number of nitrogens with zero attached hydrogens (tertiary/aromatic N) is 5. The average molecular weight is 569 g/mol. The van der Waals surface area contributed by atoms with E-state index in [-0.39, 0.29) is 23.7 Å². The van der Waals surface area contributed by atoms with Crippen LogP contribution in [0.1, 0.15) is 49.5 Å². The maximum atomic E-state index is 11.7. The van der Waals surface area contributed by atoms with Crippen LogP contribution in [0.5, 0.6) is 0 Å². The van der Waals surface area contributed by atoms with Crippen molar-refractivity contribution >= 4 is 39.2 Å². The first kappa shape index (κ1) is 25.7. The molecule has 0 aromatic carbocycles. The fourth-order valence-electron chi connectivity index (χ4n) is 6.33. The van der Waals surface area contributed by atoms with Crippen molar-refractivity contribution in [1.82, 2.24) is 30.1 Å². The van der Waals surface area contributed by atoms with Crippen molar-refractivity contribution in [2.75, 3.05) is 37.3 Å². The van der Waals surface area contributed by atoms with Gasteiger partial charge in [-0.1, -0.05) is 23.2 Å². The molecule has 5 heterocycles. The topological polar surface area (TPSA) is 113 Å². The van der Waals surface area contributed by atoms with E-state index in [1.54, 1.807) is 12.4 Å². The summed E-state index contributed by atoms with van der Waals surface area (Å²) in [4.78, 5) is 15.5. The first-order chi connectivity index (χ1) is 17.6. The van der Waals surface area contributed by atoms with Crippen molar-refractivity contribution in [1.29, 1.82) is 0 Å². The largest absolute Gasteiger partial charge is 0.370 e. The highest BCUT2D eigenvalue weighted by Gasteiger charge is 2.55. The van der Waals surface area contributed by atoms with Gasteiger partial charge in [0.05, 0.1) is 34.6 Å². The Balaban J connectivity index is 1.07. The van der Waals surface area contributed by atoms with Crippen molar-refractivity contribution < 1.29 is 13.2 Å². The van der Waals surface area contributed by atoms with E-state index < -0.39 is 10.0 Å². The summed E-state index contributed by atoms with van der Waals surface area (Å²) < 4.78 is 31.3. The molecule has 3 aliphatic heterocycles. The maximum Gasteiger partial charge on any atom is 0.225 e. The Labute approximate surface area is 227 Å². The molecule has 0 radical (unpaired) electrons. The molecule has 2 aromatic rings. The van der Waals surface area contributed by atoms with E-state index in [1.807, 2.05) is 19.3 Å². The number of hydrogen-bond donors (Lipinski definition) is 2. The molecule has 200 valence electrons. The summed E-state index contributed by atoms with van der Waals surface area (Å²) in [6.07, 6.45) is 11.0. The fraction of sp³-hybridized carbons (Fsp3) is 0.625. The van der Waals surface area contributed by atoms with Crippen LogP contribution < -0.4 is 15.8 Å². The van der Waals surface area contributed by atoms with Crippen LogP contribution in [0.4, 0.5) is 5.95 Å². The summed E-state index contributed by atoms with van der Waals surface area (Å²) in [5, 5.41) is 1.04. The van der Waals surface area contributed by atoms with Gasteiger partial charge < -0.3 is 9.64 Å². The molecule has 4 unspecified atom stereocenters. The number of hydrogen-bond acceptors (Lipinski definition) is 9. The molecule has 1 saturated carbocycles. The third kappa shape index (κ3) is 4.84. The number of hydrazine groups is 1.